The molecule has 3 aliphatic rings. The molecule has 2 aromatic carbocycles. The van der Waals surface area contributed by atoms with Gasteiger partial charge in [-0.25, -0.2) is 0 Å². The molecule has 0 unspecified atom stereocenters. The molecule has 24 heavy (non-hydrogen) atoms. The van der Waals surface area contributed by atoms with Crippen LogP contribution in [0.1, 0.15) is 29.5 Å². The van der Waals surface area contributed by atoms with Crippen molar-refractivity contribution in [3.63, 3.8) is 0 Å². The number of nitro groups is 1. The van der Waals surface area contributed by atoms with Gasteiger partial charge in [0.25, 0.3) is 5.69 Å². The summed E-state index contributed by atoms with van der Waals surface area (Å²) in [5, 5.41) is 10.8. The number of non-ortho nitro benzene ring substituents is 1. The fraction of sp³-hybridized carbons (Fsp3) is 0.400. The Labute approximate surface area is 142 Å². The van der Waals surface area contributed by atoms with Crippen molar-refractivity contribution in [2.75, 3.05) is 6.54 Å². The number of nitrogens with zero attached hydrogens (tertiary/aromatic N) is 2. The van der Waals surface area contributed by atoms with Crippen LogP contribution in [0.4, 0.5) is 5.69 Å². The first-order chi connectivity index (χ1) is 11.7. The lowest BCUT2D eigenvalue weighted by atomic mass is 9.80. The number of rotatable bonds is 3. The van der Waals surface area contributed by atoms with Crippen molar-refractivity contribution in [1.82, 2.24) is 4.90 Å². The maximum Gasteiger partial charge on any atom is 0.269 e. The molecule has 0 saturated carbocycles. The largest absolute Gasteiger partial charge is 0.296 e. The lowest BCUT2D eigenvalue weighted by Gasteiger charge is -2.42. The van der Waals surface area contributed by atoms with Crippen LogP contribution in [0, 0.1) is 16.0 Å². The average molecular weight is 322 g/mol. The van der Waals surface area contributed by atoms with Crippen LogP contribution in [0.5, 0.6) is 0 Å². The molecular formula is C20H22N2O2. The molecule has 124 valence electrons. The maximum atomic E-state index is 10.8. The van der Waals surface area contributed by atoms with Gasteiger partial charge < -0.3 is 0 Å². The summed E-state index contributed by atoms with van der Waals surface area (Å²) in [4.78, 5) is 13.1. The van der Waals surface area contributed by atoms with Crippen LogP contribution >= 0.6 is 0 Å². The lowest BCUT2D eigenvalue weighted by Crippen LogP contribution is -2.46. The molecule has 1 aliphatic carbocycles. The van der Waals surface area contributed by atoms with Gasteiger partial charge in [0.05, 0.1) is 4.92 Å². The summed E-state index contributed by atoms with van der Waals surface area (Å²) in [7, 11) is 0. The first-order valence-corrected chi connectivity index (χ1v) is 8.73. The van der Waals surface area contributed by atoms with E-state index < -0.39 is 0 Å². The summed E-state index contributed by atoms with van der Waals surface area (Å²) in [6, 6.07) is 16.5. The second kappa shape index (κ2) is 6.36. The highest BCUT2D eigenvalue weighted by Gasteiger charge is 2.31. The summed E-state index contributed by atoms with van der Waals surface area (Å²) in [6.45, 7) is 2.03. The summed E-state index contributed by atoms with van der Waals surface area (Å²) < 4.78 is 0. The summed E-state index contributed by atoms with van der Waals surface area (Å²) in [6.07, 6.45) is 4.87. The normalized spacial score (nSPS) is 23.3. The van der Waals surface area contributed by atoms with Crippen LogP contribution < -0.4 is 0 Å². The van der Waals surface area contributed by atoms with Gasteiger partial charge in [-0.05, 0) is 48.3 Å². The molecule has 1 fully saturated rings. The van der Waals surface area contributed by atoms with E-state index >= 15 is 0 Å². The van der Waals surface area contributed by atoms with E-state index in [0.29, 0.717) is 6.04 Å². The Hall–Kier alpha value is -2.20. The molecular weight excluding hydrogens is 300 g/mol. The van der Waals surface area contributed by atoms with Gasteiger partial charge in [-0.3, -0.25) is 15.0 Å². The number of nitro benzene ring substituents is 1. The Balaban J connectivity index is 1.53. The molecule has 4 heteroatoms. The number of hydrogen-bond donors (Lipinski definition) is 0. The first-order valence-electron chi connectivity index (χ1n) is 8.73. The van der Waals surface area contributed by atoms with Crippen molar-refractivity contribution in [1.29, 1.82) is 0 Å². The second-order valence-electron chi connectivity index (χ2n) is 7.13. The molecule has 4 nitrogen and oxygen atoms in total. The van der Waals surface area contributed by atoms with Crippen molar-refractivity contribution < 1.29 is 4.92 Å². The van der Waals surface area contributed by atoms with Crippen LogP contribution in [0.2, 0.25) is 0 Å². The van der Waals surface area contributed by atoms with E-state index in [9.17, 15) is 10.1 Å². The molecule has 0 amide bonds. The Morgan fingerprint density at radius 1 is 1.00 bits per heavy atom. The molecule has 2 bridgehead atoms. The third-order valence-electron chi connectivity index (χ3n) is 5.53. The highest BCUT2D eigenvalue weighted by atomic mass is 16.6. The third kappa shape index (κ3) is 3.06. The van der Waals surface area contributed by atoms with E-state index in [0.717, 1.165) is 25.4 Å². The molecule has 0 radical (unpaired) electrons. The lowest BCUT2D eigenvalue weighted by molar-refractivity contribution is -0.384. The van der Waals surface area contributed by atoms with Crippen molar-refractivity contribution in [3.05, 3.63) is 75.3 Å². The van der Waals surface area contributed by atoms with Crippen molar-refractivity contribution in [2.24, 2.45) is 5.92 Å². The Morgan fingerprint density at radius 2 is 1.71 bits per heavy atom. The van der Waals surface area contributed by atoms with Gasteiger partial charge in [-0.1, -0.05) is 36.4 Å². The molecule has 0 N–H and O–H groups in total. The minimum atomic E-state index is -0.335. The monoisotopic (exact) mass is 322 g/mol. The van der Waals surface area contributed by atoms with Gasteiger partial charge >= 0.3 is 0 Å². The highest BCUT2D eigenvalue weighted by molar-refractivity contribution is 5.33. The van der Waals surface area contributed by atoms with Gasteiger partial charge in [0.1, 0.15) is 0 Å². The van der Waals surface area contributed by atoms with E-state index in [-0.39, 0.29) is 10.6 Å². The van der Waals surface area contributed by atoms with Crippen molar-refractivity contribution in [3.8, 4) is 0 Å². The number of hydrogen-bond acceptors (Lipinski definition) is 3. The van der Waals surface area contributed by atoms with Crippen LogP contribution in [-0.4, -0.2) is 22.4 Å². The molecule has 1 saturated heterocycles. The molecule has 5 rings (SSSR count). The molecule has 2 aliphatic heterocycles. The molecule has 2 heterocycles. The minimum Gasteiger partial charge on any atom is -0.296 e. The Kier molecular flexibility index (Phi) is 4.07. The minimum absolute atomic E-state index is 0.168. The number of fused-ring (bicyclic) bond motifs is 2. The average Bonchev–Trinajstić information content (AvgIpc) is 2.56. The summed E-state index contributed by atoms with van der Waals surface area (Å²) in [5.41, 5.74) is 4.37. The predicted molar refractivity (Wildman–Crippen MR) is 93.9 cm³/mol. The van der Waals surface area contributed by atoms with Crippen LogP contribution in [0.25, 0.3) is 0 Å². The van der Waals surface area contributed by atoms with Gasteiger partial charge in [-0.2, -0.15) is 0 Å². The Bertz CT molecular complexity index is 742. The molecule has 2 aromatic rings. The molecule has 0 aromatic heterocycles. The number of piperidine rings is 1. The van der Waals surface area contributed by atoms with Crippen molar-refractivity contribution in [2.45, 2.75) is 38.3 Å². The quantitative estimate of drug-likeness (QED) is 0.634. The van der Waals surface area contributed by atoms with Crippen LogP contribution in [0.15, 0.2) is 48.5 Å². The van der Waals surface area contributed by atoms with Crippen LogP contribution in [0.3, 0.4) is 0 Å². The fourth-order valence-corrected chi connectivity index (χ4v) is 4.25. The smallest absolute Gasteiger partial charge is 0.269 e. The highest BCUT2D eigenvalue weighted by Crippen LogP contribution is 2.33. The summed E-state index contributed by atoms with van der Waals surface area (Å²) >= 11 is 0. The SMILES string of the molecule is O=[N+]([O-])c1ccc(CN2C[C@H]3CC[C@@H]2Cc2ccccc2C3)cc1. The fourth-order valence-electron chi connectivity index (χ4n) is 4.25. The Morgan fingerprint density at radius 3 is 2.42 bits per heavy atom. The van der Waals surface area contributed by atoms with Gasteiger partial charge in [0.15, 0.2) is 0 Å². The topological polar surface area (TPSA) is 46.4 Å². The first kappa shape index (κ1) is 15.3. The van der Waals surface area contributed by atoms with E-state index in [1.165, 1.54) is 36.0 Å². The zero-order chi connectivity index (χ0) is 16.5. The third-order valence-corrected chi connectivity index (χ3v) is 5.53. The second-order valence-corrected chi connectivity index (χ2v) is 7.13. The zero-order valence-electron chi connectivity index (χ0n) is 13.7. The van der Waals surface area contributed by atoms with Gasteiger partial charge in [0, 0.05) is 31.3 Å². The maximum absolute atomic E-state index is 10.8. The van der Waals surface area contributed by atoms with E-state index in [1.54, 1.807) is 12.1 Å². The van der Waals surface area contributed by atoms with Crippen molar-refractivity contribution >= 4 is 5.69 Å². The van der Waals surface area contributed by atoms with Gasteiger partial charge in [0.2, 0.25) is 0 Å². The van der Waals surface area contributed by atoms with E-state index in [4.69, 9.17) is 0 Å². The molecule has 2 atom stereocenters. The van der Waals surface area contributed by atoms with E-state index in [1.807, 2.05) is 12.1 Å². The predicted octanol–water partition coefficient (Wildman–Crippen LogP) is 3.97. The van der Waals surface area contributed by atoms with E-state index in [2.05, 4.69) is 29.2 Å². The molecule has 0 spiro atoms. The number of benzene rings is 2. The zero-order valence-corrected chi connectivity index (χ0v) is 13.7. The van der Waals surface area contributed by atoms with Crippen LogP contribution in [-0.2, 0) is 19.4 Å². The standard InChI is InChI=1S/C20H22N2O2/c23-22(24)19-8-5-15(6-9-19)13-21-14-16-7-10-20(21)12-18-4-2-1-3-17(18)11-16/h1-6,8-9,16,20H,7,10-14H2/t16-,20+/m0/s1. The van der Waals surface area contributed by atoms with Gasteiger partial charge in [-0.15, -0.1) is 0 Å². The summed E-state index contributed by atoms with van der Waals surface area (Å²) in [5.74, 6) is 0.723.